The van der Waals surface area contributed by atoms with Gasteiger partial charge < -0.3 is 9.64 Å². The van der Waals surface area contributed by atoms with Crippen molar-refractivity contribution in [1.29, 1.82) is 0 Å². The molecule has 24 heavy (non-hydrogen) atoms. The Hall–Kier alpha value is -0.530. The molecule has 1 aliphatic carbocycles. The van der Waals surface area contributed by atoms with Crippen LogP contribution in [0.1, 0.15) is 39.5 Å². The number of hydrogen-bond acceptors (Lipinski definition) is 5. The molecule has 6 nitrogen and oxygen atoms in total. The van der Waals surface area contributed by atoms with Crippen LogP contribution in [0.25, 0.3) is 0 Å². The molecule has 2 atom stereocenters. The van der Waals surface area contributed by atoms with Gasteiger partial charge in [0.25, 0.3) is 5.91 Å². The minimum Gasteiger partial charge on any atom is -0.455 e. The Balaban J connectivity index is 1.94. The molecule has 138 valence electrons. The standard InChI is InChI=1S/C15H23Cl2NO5S/c1-3-4-6-18(11-5-7-24(21,22)9-11)12(19)8-23-13(20)14(2)10-15(14,16)17/h11H,3-10H2,1-2H3. The Morgan fingerprint density at radius 3 is 2.42 bits per heavy atom. The van der Waals surface area contributed by atoms with E-state index in [-0.39, 0.29) is 29.9 Å². The van der Waals surface area contributed by atoms with E-state index in [1.165, 1.54) is 4.90 Å². The Morgan fingerprint density at radius 1 is 1.33 bits per heavy atom. The molecule has 1 saturated carbocycles. The van der Waals surface area contributed by atoms with Crippen molar-refractivity contribution in [1.82, 2.24) is 4.90 Å². The van der Waals surface area contributed by atoms with Gasteiger partial charge in [-0.25, -0.2) is 8.42 Å². The molecule has 0 aromatic rings. The number of carbonyl (C=O) groups is 2. The first-order chi connectivity index (χ1) is 11.0. The van der Waals surface area contributed by atoms with Gasteiger partial charge in [0.1, 0.15) is 9.75 Å². The molecule has 2 aliphatic rings. The molecule has 1 aliphatic heterocycles. The van der Waals surface area contributed by atoms with Gasteiger partial charge in [0.2, 0.25) is 0 Å². The molecule has 1 amide bonds. The molecule has 0 N–H and O–H groups in total. The van der Waals surface area contributed by atoms with Crippen LogP contribution in [0.4, 0.5) is 0 Å². The third kappa shape index (κ3) is 4.17. The summed E-state index contributed by atoms with van der Waals surface area (Å²) in [7, 11) is -3.10. The molecule has 1 saturated heterocycles. The summed E-state index contributed by atoms with van der Waals surface area (Å²) < 4.78 is 27.3. The number of halogens is 2. The zero-order valence-corrected chi connectivity index (χ0v) is 16.2. The topological polar surface area (TPSA) is 80.8 Å². The van der Waals surface area contributed by atoms with Gasteiger partial charge in [0, 0.05) is 19.0 Å². The van der Waals surface area contributed by atoms with Gasteiger partial charge in [-0.15, -0.1) is 23.2 Å². The van der Waals surface area contributed by atoms with E-state index in [0.29, 0.717) is 13.0 Å². The predicted molar refractivity (Wildman–Crippen MR) is 91.8 cm³/mol. The van der Waals surface area contributed by atoms with E-state index in [4.69, 9.17) is 27.9 Å². The Bertz CT molecular complexity index is 621. The van der Waals surface area contributed by atoms with Gasteiger partial charge in [-0.1, -0.05) is 13.3 Å². The van der Waals surface area contributed by atoms with Crippen molar-refractivity contribution in [3.05, 3.63) is 0 Å². The second-order valence-electron chi connectivity index (χ2n) is 6.79. The number of nitrogens with zero attached hydrogens (tertiary/aromatic N) is 1. The molecule has 2 rings (SSSR count). The fourth-order valence-electron chi connectivity index (χ4n) is 2.85. The number of sulfone groups is 1. The minimum absolute atomic E-state index is 0.0272. The number of rotatable bonds is 7. The molecule has 1 heterocycles. The Labute approximate surface area is 152 Å². The van der Waals surface area contributed by atoms with Crippen LogP contribution in [0.3, 0.4) is 0 Å². The maximum absolute atomic E-state index is 12.4. The third-order valence-corrected chi connectivity index (χ3v) is 7.61. The summed E-state index contributed by atoms with van der Waals surface area (Å²) in [5.41, 5.74) is -0.985. The summed E-state index contributed by atoms with van der Waals surface area (Å²) >= 11 is 11.9. The number of esters is 1. The lowest BCUT2D eigenvalue weighted by Gasteiger charge is -2.28. The number of carbonyl (C=O) groups excluding carboxylic acids is 2. The highest BCUT2D eigenvalue weighted by atomic mass is 35.5. The van der Waals surface area contributed by atoms with E-state index < -0.39 is 32.2 Å². The first-order valence-corrected chi connectivity index (χ1v) is 10.6. The Morgan fingerprint density at radius 2 is 1.96 bits per heavy atom. The van der Waals surface area contributed by atoms with Gasteiger partial charge in [-0.05, 0) is 19.8 Å². The van der Waals surface area contributed by atoms with E-state index in [2.05, 4.69) is 0 Å². The zero-order valence-electron chi connectivity index (χ0n) is 13.9. The van der Waals surface area contributed by atoms with Crippen molar-refractivity contribution < 1.29 is 22.7 Å². The van der Waals surface area contributed by atoms with Crippen LogP contribution in [-0.2, 0) is 24.2 Å². The number of alkyl halides is 2. The largest absolute Gasteiger partial charge is 0.455 e. The average Bonchev–Trinajstić information content (AvgIpc) is 2.82. The summed E-state index contributed by atoms with van der Waals surface area (Å²) in [4.78, 5) is 26.0. The van der Waals surface area contributed by atoms with Crippen LogP contribution in [0.2, 0.25) is 0 Å². The summed E-state index contributed by atoms with van der Waals surface area (Å²) in [5.74, 6) is -0.916. The fraction of sp³-hybridized carbons (Fsp3) is 0.867. The number of hydrogen-bond donors (Lipinski definition) is 0. The van der Waals surface area contributed by atoms with E-state index in [0.717, 1.165) is 12.8 Å². The maximum atomic E-state index is 12.4. The number of unbranched alkanes of at least 4 members (excludes halogenated alkanes) is 1. The summed E-state index contributed by atoms with van der Waals surface area (Å²) in [6, 6.07) is -0.343. The van der Waals surface area contributed by atoms with Gasteiger partial charge >= 0.3 is 5.97 Å². The highest BCUT2D eigenvalue weighted by Crippen LogP contribution is 2.64. The molecule has 9 heteroatoms. The second kappa shape index (κ2) is 7.00. The third-order valence-electron chi connectivity index (χ3n) is 4.76. The first kappa shape index (κ1) is 19.8. The SMILES string of the molecule is CCCCN(C(=O)COC(=O)C1(C)CC1(Cl)Cl)C1CCS(=O)(=O)C1. The van der Waals surface area contributed by atoms with Crippen molar-refractivity contribution in [2.75, 3.05) is 24.7 Å². The van der Waals surface area contributed by atoms with Gasteiger partial charge in [0.15, 0.2) is 16.4 Å². The van der Waals surface area contributed by atoms with Crippen LogP contribution in [0.5, 0.6) is 0 Å². The predicted octanol–water partition coefficient (Wildman–Crippen LogP) is 1.93. The van der Waals surface area contributed by atoms with Crippen LogP contribution >= 0.6 is 23.2 Å². The molecule has 0 aromatic carbocycles. The van der Waals surface area contributed by atoms with Crippen molar-refractivity contribution in [3.8, 4) is 0 Å². The lowest BCUT2D eigenvalue weighted by atomic mass is 10.1. The smallest absolute Gasteiger partial charge is 0.315 e. The molecule has 2 unspecified atom stereocenters. The molecular formula is C15H23Cl2NO5S. The van der Waals surface area contributed by atoms with Crippen molar-refractivity contribution >= 4 is 44.9 Å². The molecular weight excluding hydrogens is 377 g/mol. The lowest BCUT2D eigenvalue weighted by molar-refractivity contribution is -0.157. The first-order valence-electron chi connectivity index (χ1n) is 8.07. The van der Waals surface area contributed by atoms with Gasteiger partial charge in [-0.2, -0.15) is 0 Å². The normalized spacial score (nSPS) is 29.9. The van der Waals surface area contributed by atoms with Crippen LogP contribution < -0.4 is 0 Å². The summed E-state index contributed by atoms with van der Waals surface area (Å²) in [6.45, 7) is 3.62. The Kier molecular flexibility index (Phi) is 5.77. The molecule has 0 aromatic heterocycles. The molecule has 0 radical (unpaired) electrons. The quantitative estimate of drug-likeness (QED) is 0.482. The van der Waals surface area contributed by atoms with Crippen LogP contribution in [0, 0.1) is 5.41 Å². The van der Waals surface area contributed by atoms with Crippen LogP contribution in [-0.4, -0.2) is 60.2 Å². The van der Waals surface area contributed by atoms with E-state index in [1.54, 1.807) is 6.92 Å². The molecule has 0 bridgehead atoms. The maximum Gasteiger partial charge on any atom is 0.315 e. The monoisotopic (exact) mass is 399 g/mol. The van der Waals surface area contributed by atoms with Crippen molar-refractivity contribution in [2.45, 2.75) is 49.9 Å². The van der Waals surface area contributed by atoms with E-state index >= 15 is 0 Å². The highest BCUT2D eigenvalue weighted by Gasteiger charge is 2.69. The molecule has 0 spiro atoms. The van der Waals surface area contributed by atoms with Gasteiger partial charge in [-0.3, -0.25) is 9.59 Å². The van der Waals surface area contributed by atoms with E-state index in [9.17, 15) is 18.0 Å². The summed E-state index contributed by atoms with van der Waals surface area (Å²) in [5, 5.41) is 0. The van der Waals surface area contributed by atoms with E-state index in [1.807, 2.05) is 6.92 Å². The number of ether oxygens (including phenoxy) is 1. The summed E-state index contributed by atoms with van der Waals surface area (Å²) in [6.07, 6.45) is 2.36. The average molecular weight is 400 g/mol. The lowest BCUT2D eigenvalue weighted by Crippen LogP contribution is -2.44. The van der Waals surface area contributed by atoms with Crippen molar-refractivity contribution in [2.24, 2.45) is 5.41 Å². The number of amides is 1. The second-order valence-corrected chi connectivity index (χ2v) is 10.5. The highest BCUT2D eigenvalue weighted by molar-refractivity contribution is 7.91. The molecule has 2 fully saturated rings. The van der Waals surface area contributed by atoms with Crippen LogP contribution in [0.15, 0.2) is 0 Å². The van der Waals surface area contributed by atoms with Gasteiger partial charge in [0.05, 0.1) is 11.5 Å². The zero-order chi connectivity index (χ0) is 18.2. The minimum atomic E-state index is -3.10. The fourth-order valence-corrected chi connectivity index (χ4v) is 5.27. The van der Waals surface area contributed by atoms with Crippen molar-refractivity contribution in [3.63, 3.8) is 0 Å².